The first-order valence-electron chi connectivity index (χ1n) is 9.69. The number of carbonyl (C=O) groups excluding carboxylic acids is 3. The van der Waals surface area contributed by atoms with Gasteiger partial charge in [-0.2, -0.15) is 0 Å². The maximum Gasteiger partial charge on any atom is 0.326 e. The Labute approximate surface area is 192 Å². The van der Waals surface area contributed by atoms with Crippen LogP contribution in [0.2, 0.25) is 0 Å². The topological polar surface area (TPSA) is 68.6 Å². The Morgan fingerprint density at radius 2 is 1.87 bits per heavy atom. The summed E-state index contributed by atoms with van der Waals surface area (Å²) in [4.78, 5) is 37.9. The lowest BCUT2D eigenvalue weighted by Gasteiger charge is -2.10. The summed E-state index contributed by atoms with van der Waals surface area (Å²) in [6.45, 7) is 2.17. The Hall–Kier alpha value is -2.84. The molecule has 1 fully saturated rings. The van der Waals surface area contributed by atoms with E-state index in [0.29, 0.717) is 11.4 Å². The zero-order chi connectivity index (χ0) is 22.0. The molecule has 1 aliphatic rings. The van der Waals surface area contributed by atoms with Crippen LogP contribution in [-0.2, 0) is 20.9 Å². The van der Waals surface area contributed by atoms with Crippen LogP contribution in [-0.4, -0.2) is 39.7 Å². The molecule has 1 saturated heterocycles. The van der Waals surface area contributed by atoms with E-state index in [1.807, 2.05) is 42.6 Å². The van der Waals surface area contributed by atoms with Crippen molar-refractivity contribution in [2.24, 2.45) is 0 Å². The summed E-state index contributed by atoms with van der Waals surface area (Å²) in [5.74, 6) is -1.08. The van der Waals surface area contributed by atoms with Gasteiger partial charge in [-0.3, -0.25) is 19.3 Å². The smallest absolute Gasteiger partial charge is 0.326 e. The number of ether oxygens (including phenoxy) is 1. The van der Waals surface area contributed by atoms with E-state index in [1.54, 1.807) is 13.0 Å². The van der Waals surface area contributed by atoms with Crippen molar-refractivity contribution in [2.75, 3.05) is 13.2 Å². The number of para-hydroxylation sites is 1. The second-order valence-corrected chi connectivity index (χ2v) is 8.84. The standard InChI is InChI=1S/C23H19BrN2O4S/c1-2-30-21(27)14-26-22(28)20(31-23(26)29)11-16-13-25(19-6-4-3-5-18(16)19)12-15-7-9-17(24)10-8-15/h3-11,13H,2,12,14H2,1H3/b20-11-. The Morgan fingerprint density at radius 1 is 1.13 bits per heavy atom. The SMILES string of the molecule is CCOC(=O)CN1C(=O)S/C(=C\c2cn(Cc3ccc(Br)cc3)c3ccccc23)C1=O. The fourth-order valence-corrected chi connectivity index (χ4v) is 4.51. The number of esters is 1. The van der Waals surface area contributed by atoms with Crippen molar-refractivity contribution < 1.29 is 19.1 Å². The van der Waals surface area contributed by atoms with E-state index in [9.17, 15) is 14.4 Å². The monoisotopic (exact) mass is 498 g/mol. The maximum absolute atomic E-state index is 12.7. The van der Waals surface area contributed by atoms with Gasteiger partial charge in [0.2, 0.25) is 0 Å². The van der Waals surface area contributed by atoms with Crippen molar-refractivity contribution in [3.05, 3.63) is 75.2 Å². The molecule has 1 aliphatic heterocycles. The Balaban J connectivity index is 1.65. The summed E-state index contributed by atoms with van der Waals surface area (Å²) in [6.07, 6.45) is 3.70. The number of imide groups is 1. The number of nitrogens with zero attached hydrogens (tertiary/aromatic N) is 2. The lowest BCUT2D eigenvalue weighted by molar-refractivity contribution is -0.145. The van der Waals surface area contributed by atoms with Crippen LogP contribution in [0.1, 0.15) is 18.1 Å². The molecule has 4 rings (SSSR count). The molecule has 0 aliphatic carbocycles. The summed E-state index contributed by atoms with van der Waals surface area (Å²) >= 11 is 4.29. The Bertz CT molecular complexity index is 1200. The second kappa shape index (κ2) is 9.11. The number of aromatic nitrogens is 1. The first kappa shape index (κ1) is 21.4. The normalized spacial score (nSPS) is 15.3. The number of benzene rings is 2. The number of hydrogen-bond donors (Lipinski definition) is 0. The third-order valence-electron chi connectivity index (χ3n) is 4.84. The second-order valence-electron chi connectivity index (χ2n) is 6.93. The van der Waals surface area contributed by atoms with Crippen molar-refractivity contribution in [3.8, 4) is 0 Å². The molecule has 0 spiro atoms. The van der Waals surface area contributed by atoms with E-state index < -0.39 is 17.1 Å². The lowest BCUT2D eigenvalue weighted by atomic mass is 10.1. The summed E-state index contributed by atoms with van der Waals surface area (Å²) < 4.78 is 8.00. The molecule has 1 aromatic heterocycles. The Morgan fingerprint density at radius 3 is 2.61 bits per heavy atom. The van der Waals surface area contributed by atoms with Crippen LogP contribution in [0.5, 0.6) is 0 Å². The predicted molar refractivity (Wildman–Crippen MR) is 124 cm³/mol. The minimum Gasteiger partial charge on any atom is -0.465 e. The highest BCUT2D eigenvalue weighted by Gasteiger charge is 2.36. The molecule has 8 heteroatoms. The van der Waals surface area contributed by atoms with E-state index >= 15 is 0 Å². The summed E-state index contributed by atoms with van der Waals surface area (Å²) in [7, 11) is 0. The number of halogens is 1. The number of amides is 2. The fraction of sp³-hybridized carbons (Fsp3) is 0.174. The zero-order valence-electron chi connectivity index (χ0n) is 16.7. The molecule has 6 nitrogen and oxygen atoms in total. The summed E-state index contributed by atoms with van der Waals surface area (Å²) in [6, 6.07) is 16.0. The van der Waals surface area contributed by atoms with Gasteiger partial charge in [-0.1, -0.05) is 46.3 Å². The highest BCUT2D eigenvalue weighted by atomic mass is 79.9. The minimum atomic E-state index is -0.600. The van der Waals surface area contributed by atoms with Crippen molar-refractivity contribution in [2.45, 2.75) is 13.5 Å². The van der Waals surface area contributed by atoms with Gasteiger partial charge < -0.3 is 9.30 Å². The molecule has 0 bridgehead atoms. The average Bonchev–Trinajstić information content (AvgIpc) is 3.22. The van der Waals surface area contributed by atoms with Crippen LogP contribution in [0.15, 0.2) is 64.1 Å². The average molecular weight is 499 g/mol. The number of carbonyl (C=O) groups is 3. The van der Waals surface area contributed by atoms with Gasteiger partial charge in [-0.15, -0.1) is 0 Å². The van der Waals surface area contributed by atoms with E-state index in [1.165, 1.54) is 0 Å². The van der Waals surface area contributed by atoms with Crippen LogP contribution in [0, 0.1) is 0 Å². The number of hydrogen-bond acceptors (Lipinski definition) is 5. The van der Waals surface area contributed by atoms with Gasteiger partial charge in [0.05, 0.1) is 11.5 Å². The maximum atomic E-state index is 12.7. The van der Waals surface area contributed by atoms with Crippen LogP contribution < -0.4 is 0 Å². The van der Waals surface area contributed by atoms with Crippen molar-refractivity contribution in [1.82, 2.24) is 9.47 Å². The third kappa shape index (κ3) is 4.60. The molecule has 3 aromatic rings. The molecule has 2 amide bonds. The number of rotatable bonds is 6. The highest BCUT2D eigenvalue weighted by Crippen LogP contribution is 2.34. The molecule has 2 aromatic carbocycles. The molecule has 0 unspecified atom stereocenters. The van der Waals surface area contributed by atoms with Crippen molar-refractivity contribution in [1.29, 1.82) is 0 Å². The van der Waals surface area contributed by atoms with Crippen LogP contribution in [0.25, 0.3) is 17.0 Å². The van der Waals surface area contributed by atoms with Gasteiger partial charge in [0, 0.05) is 33.7 Å². The Kier molecular flexibility index (Phi) is 6.29. The van der Waals surface area contributed by atoms with E-state index in [2.05, 4.69) is 32.6 Å². The quantitative estimate of drug-likeness (QED) is 0.351. The molecular formula is C23H19BrN2O4S. The summed E-state index contributed by atoms with van der Waals surface area (Å²) in [5, 5.41) is 0.514. The zero-order valence-corrected chi connectivity index (χ0v) is 19.1. The van der Waals surface area contributed by atoms with Gasteiger partial charge in [0.25, 0.3) is 11.1 Å². The van der Waals surface area contributed by atoms with Crippen molar-refractivity contribution >= 4 is 61.8 Å². The fourth-order valence-electron chi connectivity index (χ4n) is 3.42. The molecular weight excluding hydrogens is 480 g/mol. The van der Waals surface area contributed by atoms with Crippen LogP contribution >= 0.6 is 27.7 Å². The van der Waals surface area contributed by atoms with E-state index in [4.69, 9.17) is 4.74 Å². The number of thioether (sulfide) groups is 1. The van der Waals surface area contributed by atoms with E-state index in [0.717, 1.165) is 43.2 Å². The van der Waals surface area contributed by atoms with Gasteiger partial charge in [0.15, 0.2) is 0 Å². The third-order valence-corrected chi connectivity index (χ3v) is 6.27. The van der Waals surface area contributed by atoms with Gasteiger partial charge in [-0.05, 0) is 48.5 Å². The minimum absolute atomic E-state index is 0.197. The highest BCUT2D eigenvalue weighted by molar-refractivity contribution is 9.10. The largest absolute Gasteiger partial charge is 0.465 e. The lowest BCUT2D eigenvalue weighted by Crippen LogP contribution is -2.34. The molecule has 0 N–H and O–H groups in total. The first-order chi connectivity index (χ1) is 15.0. The molecule has 31 heavy (non-hydrogen) atoms. The number of fused-ring (bicyclic) bond motifs is 1. The first-order valence-corrected chi connectivity index (χ1v) is 11.3. The summed E-state index contributed by atoms with van der Waals surface area (Å²) in [5.41, 5.74) is 3.02. The van der Waals surface area contributed by atoms with Crippen molar-refractivity contribution in [3.63, 3.8) is 0 Å². The van der Waals surface area contributed by atoms with Gasteiger partial charge in [-0.25, -0.2) is 0 Å². The van der Waals surface area contributed by atoms with Crippen LogP contribution in [0.3, 0.4) is 0 Å². The molecule has 0 saturated carbocycles. The molecule has 2 heterocycles. The van der Waals surface area contributed by atoms with Crippen LogP contribution in [0.4, 0.5) is 4.79 Å². The molecule has 0 radical (unpaired) electrons. The molecule has 0 atom stereocenters. The van der Waals surface area contributed by atoms with Gasteiger partial charge in [0.1, 0.15) is 6.54 Å². The van der Waals surface area contributed by atoms with Gasteiger partial charge >= 0.3 is 5.97 Å². The predicted octanol–water partition coefficient (Wildman–Crippen LogP) is 5.05. The molecule has 158 valence electrons. The van der Waals surface area contributed by atoms with E-state index in [-0.39, 0.29) is 13.2 Å².